The van der Waals surface area contributed by atoms with Gasteiger partial charge in [0.15, 0.2) is 9.84 Å². The Morgan fingerprint density at radius 3 is 2.41 bits per heavy atom. The Hall–Kier alpha value is -2.92. The Morgan fingerprint density at radius 1 is 1.03 bits per heavy atom. The van der Waals surface area contributed by atoms with E-state index in [0.717, 1.165) is 26.7 Å². The van der Waals surface area contributed by atoms with E-state index in [0.29, 0.717) is 15.6 Å². The normalized spacial score (nSPS) is 12.1. The topological polar surface area (TPSA) is 75.8 Å². The lowest BCUT2D eigenvalue weighted by atomic mass is 9.91. The third kappa shape index (κ3) is 4.41. The Labute approximate surface area is 209 Å². The number of sulfone groups is 1. The second-order valence-corrected chi connectivity index (χ2v) is 12.8. The van der Waals surface area contributed by atoms with Crippen molar-refractivity contribution in [1.82, 2.24) is 9.78 Å². The molecule has 0 aliphatic heterocycles. The first-order valence-corrected chi connectivity index (χ1v) is 13.5. The Balaban J connectivity index is 1.83. The van der Waals surface area contributed by atoms with Crippen LogP contribution in [0.2, 0.25) is 5.02 Å². The average molecular weight is 510 g/mol. The lowest BCUT2D eigenvalue weighted by Gasteiger charge is -2.11. The molecule has 0 unspecified atom stereocenters. The maximum Gasteiger partial charge on any atom is 0.180 e. The van der Waals surface area contributed by atoms with E-state index in [4.69, 9.17) is 16.7 Å². The summed E-state index contributed by atoms with van der Waals surface area (Å²) in [4.78, 5) is 2.18. The van der Waals surface area contributed by atoms with E-state index in [2.05, 4.69) is 6.07 Å². The molecule has 174 valence electrons. The first-order valence-electron chi connectivity index (χ1n) is 10.8. The van der Waals surface area contributed by atoms with Crippen LogP contribution in [0.5, 0.6) is 0 Å². The zero-order valence-corrected chi connectivity index (χ0v) is 21.7. The van der Waals surface area contributed by atoms with E-state index in [1.165, 1.54) is 11.3 Å². The van der Waals surface area contributed by atoms with Crippen molar-refractivity contribution in [3.05, 3.63) is 77.4 Å². The van der Waals surface area contributed by atoms with Gasteiger partial charge in [0.05, 0.1) is 48.6 Å². The van der Waals surface area contributed by atoms with Crippen molar-refractivity contribution >= 4 is 32.8 Å². The van der Waals surface area contributed by atoms with Gasteiger partial charge in [-0.05, 0) is 75.7 Å². The van der Waals surface area contributed by atoms with Gasteiger partial charge >= 0.3 is 0 Å². The van der Waals surface area contributed by atoms with Gasteiger partial charge in [0.2, 0.25) is 0 Å². The summed E-state index contributed by atoms with van der Waals surface area (Å²) in [5.41, 5.74) is 2.23. The molecule has 0 N–H and O–H groups in total. The molecule has 0 aliphatic rings. The highest BCUT2D eigenvalue weighted by molar-refractivity contribution is 7.92. The molecular weight excluding hydrogens is 486 g/mol. The fraction of sp³-hybridized carbons (Fsp3) is 0.231. The second kappa shape index (κ2) is 9.03. The molecule has 0 saturated carbocycles. The SMILES string of the molecule is CC(C)S(=O)(=O)c1cccc(-c2ccc(-c3cc(C(C)(C)C#N)nn3-c3ccccc3Cl)s2)c1. The minimum Gasteiger partial charge on any atom is -0.230 e. The van der Waals surface area contributed by atoms with Gasteiger partial charge in [0.25, 0.3) is 0 Å². The molecule has 0 spiro atoms. The van der Waals surface area contributed by atoms with Crippen molar-refractivity contribution in [2.75, 3.05) is 0 Å². The summed E-state index contributed by atoms with van der Waals surface area (Å²) >= 11 is 8.01. The maximum atomic E-state index is 12.7. The highest BCUT2D eigenvalue weighted by Gasteiger charge is 2.27. The van der Waals surface area contributed by atoms with Crippen LogP contribution in [0.1, 0.15) is 33.4 Å². The zero-order chi connectivity index (χ0) is 24.7. The van der Waals surface area contributed by atoms with E-state index < -0.39 is 20.5 Å². The smallest absolute Gasteiger partial charge is 0.180 e. The van der Waals surface area contributed by atoms with E-state index in [1.54, 1.807) is 42.8 Å². The molecule has 0 bridgehead atoms. The third-order valence-electron chi connectivity index (χ3n) is 5.64. The number of nitrogens with zero attached hydrogens (tertiary/aromatic N) is 3. The van der Waals surface area contributed by atoms with Crippen LogP contribution in [0.25, 0.3) is 26.7 Å². The summed E-state index contributed by atoms with van der Waals surface area (Å²) in [6, 6.07) is 22.7. The van der Waals surface area contributed by atoms with Gasteiger partial charge < -0.3 is 0 Å². The highest BCUT2D eigenvalue weighted by atomic mass is 35.5. The van der Waals surface area contributed by atoms with Crippen LogP contribution in [0.15, 0.2) is 71.6 Å². The van der Waals surface area contributed by atoms with Crippen molar-refractivity contribution in [2.45, 2.75) is 43.3 Å². The summed E-state index contributed by atoms with van der Waals surface area (Å²) in [5, 5.41) is 14.5. The van der Waals surface area contributed by atoms with Crippen molar-refractivity contribution in [1.29, 1.82) is 5.26 Å². The summed E-state index contributed by atoms with van der Waals surface area (Å²) < 4.78 is 27.1. The molecule has 5 nitrogen and oxygen atoms in total. The van der Waals surface area contributed by atoms with Crippen LogP contribution in [0.4, 0.5) is 0 Å². The summed E-state index contributed by atoms with van der Waals surface area (Å²) in [6.45, 7) is 7.02. The van der Waals surface area contributed by atoms with Gasteiger partial charge in [-0.15, -0.1) is 11.3 Å². The molecule has 2 aromatic carbocycles. The van der Waals surface area contributed by atoms with E-state index in [1.807, 2.05) is 56.3 Å². The molecule has 0 amide bonds. The Morgan fingerprint density at radius 2 is 1.74 bits per heavy atom. The number of thiophene rings is 1. The van der Waals surface area contributed by atoms with Crippen LogP contribution in [0.3, 0.4) is 0 Å². The van der Waals surface area contributed by atoms with Crippen molar-refractivity contribution in [3.63, 3.8) is 0 Å². The molecule has 4 aromatic rings. The minimum atomic E-state index is -3.37. The number of halogens is 1. The molecular formula is C26H24ClN3O2S2. The maximum absolute atomic E-state index is 12.7. The molecule has 0 saturated heterocycles. The number of para-hydroxylation sites is 1. The highest BCUT2D eigenvalue weighted by Crippen LogP contribution is 2.38. The van der Waals surface area contributed by atoms with Gasteiger partial charge in [-0.3, -0.25) is 0 Å². The molecule has 2 aromatic heterocycles. The van der Waals surface area contributed by atoms with Gasteiger partial charge in [0.1, 0.15) is 0 Å². The quantitative estimate of drug-likeness (QED) is 0.283. The van der Waals surface area contributed by atoms with Crippen LogP contribution < -0.4 is 0 Å². The summed E-state index contributed by atoms with van der Waals surface area (Å²) in [5.74, 6) is 0. The number of benzene rings is 2. The first kappa shape index (κ1) is 24.2. The molecule has 8 heteroatoms. The number of nitriles is 1. The number of aromatic nitrogens is 2. The summed E-state index contributed by atoms with van der Waals surface area (Å²) in [6.07, 6.45) is 0. The Kier molecular flexibility index (Phi) is 6.43. The minimum absolute atomic E-state index is 0.314. The van der Waals surface area contributed by atoms with Crippen molar-refractivity contribution in [3.8, 4) is 32.8 Å². The standard InChI is InChI=1S/C26H24ClN3O2S2/c1-17(2)34(31,32)19-9-7-8-18(14-19)23-12-13-24(33-23)22-15-25(26(3,4)16-28)29-30(22)21-11-6-5-10-20(21)27/h5-15,17H,1-4H3. The first-order chi connectivity index (χ1) is 16.0. The van der Waals surface area contributed by atoms with Gasteiger partial charge in [-0.25, -0.2) is 13.1 Å². The van der Waals surface area contributed by atoms with Crippen LogP contribution in [-0.2, 0) is 15.3 Å². The predicted octanol–water partition coefficient (Wildman–Crippen LogP) is 6.90. The molecule has 34 heavy (non-hydrogen) atoms. The van der Waals surface area contributed by atoms with Crippen molar-refractivity contribution < 1.29 is 8.42 Å². The van der Waals surface area contributed by atoms with Crippen molar-refractivity contribution in [2.24, 2.45) is 0 Å². The largest absolute Gasteiger partial charge is 0.230 e. The lowest BCUT2D eigenvalue weighted by molar-refractivity contribution is 0.587. The fourth-order valence-electron chi connectivity index (χ4n) is 3.46. The van der Waals surface area contributed by atoms with Crippen LogP contribution in [-0.4, -0.2) is 23.4 Å². The molecule has 0 aliphatic carbocycles. The monoisotopic (exact) mass is 509 g/mol. The van der Waals surface area contributed by atoms with Gasteiger partial charge in [-0.2, -0.15) is 10.4 Å². The molecule has 2 heterocycles. The summed E-state index contributed by atoms with van der Waals surface area (Å²) in [7, 11) is -3.37. The molecule has 0 atom stereocenters. The van der Waals surface area contributed by atoms with Gasteiger partial charge in [-0.1, -0.05) is 35.9 Å². The van der Waals surface area contributed by atoms with Crippen LogP contribution in [0, 0.1) is 11.3 Å². The van der Waals surface area contributed by atoms with E-state index >= 15 is 0 Å². The third-order valence-corrected chi connectivity index (χ3v) is 9.26. The number of hydrogen-bond donors (Lipinski definition) is 0. The van der Waals surface area contributed by atoms with E-state index in [-0.39, 0.29) is 0 Å². The molecule has 0 radical (unpaired) electrons. The molecule has 4 rings (SSSR count). The Bertz CT molecular complexity index is 1510. The fourth-order valence-corrected chi connectivity index (χ4v) is 5.78. The second-order valence-electron chi connectivity index (χ2n) is 8.80. The predicted molar refractivity (Wildman–Crippen MR) is 138 cm³/mol. The molecule has 0 fully saturated rings. The number of hydrogen-bond acceptors (Lipinski definition) is 5. The lowest BCUT2D eigenvalue weighted by Crippen LogP contribution is -2.15. The van der Waals surface area contributed by atoms with Gasteiger partial charge in [0, 0.05) is 4.88 Å². The van der Waals surface area contributed by atoms with Crippen LogP contribution >= 0.6 is 22.9 Å². The van der Waals surface area contributed by atoms with E-state index in [9.17, 15) is 13.7 Å². The number of rotatable bonds is 6. The zero-order valence-electron chi connectivity index (χ0n) is 19.3. The average Bonchev–Trinajstić information content (AvgIpc) is 3.47.